The normalized spacial score (nSPS) is 23.9. The molecule has 12 heavy (non-hydrogen) atoms. The van der Waals surface area contributed by atoms with E-state index in [9.17, 15) is 5.11 Å². The lowest BCUT2D eigenvalue weighted by Gasteiger charge is -2.23. The molecule has 3 heteroatoms. The molecule has 3 nitrogen and oxygen atoms in total. The molecule has 1 rings (SSSR count). The van der Waals surface area contributed by atoms with Gasteiger partial charge in [-0.2, -0.15) is 0 Å². The van der Waals surface area contributed by atoms with E-state index in [0.717, 1.165) is 0 Å². The topological polar surface area (TPSA) is 26.7 Å². The van der Waals surface area contributed by atoms with Gasteiger partial charge in [-0.05, 0) is 6.92 Å². The first-order valence-corrected chi connectivity index (χ1v) is 4.22. The molecule has 1 unspecified atom stereocenters. The predicted octanol–water partition coefficient (Wildman–Crippen LogP) is 1.86. The Bertz CT molecular complexity index is 211. The van der Waals surface area contributed by atoms with Crippen molar-refractivity contribution in [2.75, 3.05) is 7.05 Å². The maximum Gasteiger partial charge on any atom is 0.108 e. The van der Waals surface area contributed by atoms with Gasteiger partial charge in [0.2, 0.25) is 0 Å². The van der Waals surface area contributed by atoms with Gasteiger partial charge in [0.1, 0.15) is 11.9 Å². The first kappa shape index (κ1) is 8.97. The van der Waals surface area contributed by atoms with Crippen LogP contribution in [0.25, 0.3) is 0 Å². The summed E-state index contributed by atoms with van der Waals surface area (Å²) in [6.45, 7) is 4.01. The van der Waals surface area contributed by atoms with Crippen molar-refractivity contribution in [3.63, 3.8) is 0 Å². The number of aliphatic hydroxyl groups is 1. The molecule has 0 spiro atoms. The van der Waals surface area contributed by atoms with Gasteiger partial charge in [0.25, 0.3) is 0 Å². The number of rotatable bonds is 2. The monoisotopic (exact) mass is 168 g/mol. The fraction of sp³-hybridized carbons (Fsp3) is 0.556. The van der Waals surface area contributed by atoms with Gasteiger partial charge in [0, 0.05) is 32.1 Å². The molecule has 0 aromatic carbocycles. The van der Waals surface area contributed by atoms with Crippen molar-refractivity contribution >= 4 is 0 Å². The largest absolute Gasteiger partial charge is 0.511 e. The molecule has 1 N–H and O–H groups in total. The molecule has 0 saturated carbocycles. The summed E-state index contributed by atoms with van der Waals surface area (Å²) in [5.74, 6) is 0.418. The minimum absolute atomic E-state index is 0.304. The molecule has 0 fully saturated rings. The molecule has 0 aliphatic carbocycles. The van der Waals surface area contributed by atoms with Crippen LogP contribution in [0.3, 0.4) is 0 Å². The van der Waals surface area contributed by atoms with Crippen LogP contribution in [0.4, 0.5) is 0 Å². The van der Waals surface area contributed by atoms with E-state index < -0.39 is 0 Å². The highest BCUT2D eigenvalue weighted by Gasteiger charge is 2.16. The Balaban J connectivity index is 2.61. The molecule has 0 amide bonds. The van der Waals surface area contributed by atoms with Crippen molar-refractivity contribution in [3.05, 3.63) is 24.4 Å². The van der Waals surface area contributed by atoms with E-state index in [1.807, 2.05) is 31.3 Å². The summed E-state index contributed by atoms with van der Waals surface area (Å²) in [4.78, 5) is 4.07. The van der Waals surface area contributed by atoms with E-state index in [1.165, 1.54) is 0 Å². The Morgan fingerprint density at radius 2 is 2.25 bits per heavy atom. The summed E-state index contributed by atoms with van der Waals surface area (Å²) in [7, 11) is 2.01. The second kappa shape index (κ2) is 3.52. The molecule has 1 heterocycles. The minimum atomic E-state index is 0.304. The third-order valence-electron chi connectivity index (χ3n) is 2.16. The molecule has 0 saturated heterocycles. The third kappa shape index (κ3) is 1.72. The van der Waals surface area contributed by atoms with Gasteiger partial charge < -0.3 is 14.9 Å². The molecular weight excluding hydrogens is 152 g/mol. The van der Waals surface area contributed by atoms with Crippen molar-refractivity contribution in [1.29, 1.82) is 0 Å². The van der Waals surface area contributed by atoms with E-state index in [-0.39, 0.29) is 0 Å². The van der Waals surface area contributed by atoms with Gasteiger partial charge in [-0.25, -0.2) is 0 Å². The van der Waals surface area contributed by atoms with Gasteiger partial charge in [-0.15, -0.1) is 0 Å². The van der Waals surface area contributed by atoms with Crippen LogP contribution in [0.2, 0.25) is 0 Å². The van der Waals surface area contributed by atoms with Crippen molar-refractivity contribution in [2.45, 2.75) is 26.4 Å². The summed E-state index contributed by atoms with van der Waals surface area (Å²) in [5.41, 5.74) is 0. The molecule has 0 bridgehead atoms. The Morgan fingerprint density at radius 1 is 1.58 bits per heavy atom. The van der Waals surface area contributed by atoms with E-state index in [2.05, 4.69) is 11.8 Å². The van der Waals surface area contributed by atoms with E-state index >= 15 is 0 Å². The molecular formula is C9H16N2O. The van der Waals surface area contributed by atoms with Gasteiger partial charge >= 0.3 is 0 Å². The van der Waals surface area contributed by atoms with Crippen molar-refractivity contribution < 1.29 is 5.11 Å². The van der Waals surface area contributed by atoms with Crippen LogP contribution in [0, 0.1) is 0 Å². The molecule has 0 aromatic rings. The van der Waals surface area contributed by atoms with Gasteiger partial charge in [0.05, 0.1) is 0 Å². The van der Waals surface area contributed by atoms with Crippen molar-refractivity contribution in [1.82, 2.24) is 9.80 Å². The standard InChI is InChI=1S/C9H16N2O/c1-4-9(12)7-11-6-5-10(3)8(11)2/h5-8,12H,4H2,1-3H3/b9-7-. The minimum Gasteiger partial charge on any atom is -0.511 e. The summed E-state index contributed by atoms with van der Waals surface area (Å²) in [5, 5.41) is 9.29. The second-order valence-electron chi connectivity index (χ2n) is 3.02. The Labute approximate surface area is 73.6 Å². The Hall–Kier alpha value is -1.12. The van der Waals surface area contributed by atoms with Gasteiger partial charge in [-0.3, -0.25) is 0 Å². The van der Waals surface area contributed by atoms with Crippen LogP contribution >= 0.6 is 0 Å². The zero-order chi connectivity index (χ0) is 9.14. The summed E-state index contributed by atoms with van der Waals surface area (Å²) >= 11 is 0. The average Bonchev–Trinajstić information content (AvgIpc) is 2.36. The maximum atomic E-state index is 9.29. The number of nitrogens with zero attached hydrogens (tertiary/aromatic N) is 2. The quantitative estimate of drug-likeness (QED) is 0.637. The molecule has 1 atom stereocenters. The fourth-order valence-electron chi connectivity index (χ4n) is 1.06. The molecule has 0 radical (unpaired) electrons. The van der Waals surface area contributed by atoms with Crippen LogP contribution in [-0.2, 0) is 0 Å². The van der Waals surface area contributed by atoms with Crippen LogP contribution in [0.1, 0.15) is 20.3 Å². The number of hydrogen-bond donors (Lipinski definition) is 1. The molecule has 1 aliphatic rings. The van der Waals surface area contributed by atoms with Gasteiger partial charge in [0.15, 0.2) is 0 Å². The number of aliphatic hydroxyl groups excluding tert-OH is 1. The number of allylic oxidation sites excluding steroid dienone is 1. The lowest BCUT2D eigenvalue weighted by atomic mass is 10.4. The maximum absolute atomic E-state index is 9.29. The first-order valence-electron chi connectivity index (χ1n) is 4.22. The molecule has 0 aromatic heterocycles. The van der Waals surface area contributed by atoms with E-state index in [4.69, 9.17) is 0 Å². The van der Waals surface area contributed by atoms with E-state index in [0.29, 0.717) is 18.3 Å². The highest BCUT2D eigenvalue weighted by atomic mass is 16.3. The highest BCUT2D eigenvalue weighted by Crippen LogP contribution is 2.14. The summed E-state index contributed by atoms with van der Waals surface area (Å²) in [6, 6.07) is 0. The smallest absolute Gasteiger partial charge is 0.108 e. The summed E-state index contributed by atoms with van der Waals surface area (Å²) in [6.07, 6.45) is 6.70. The van der Waals surface area contributed by atoms with Crippen LogP contribution < -0.4 is 0 Å². The van der Waals surface area contributed by atoms with Crippen molar-refractivity contribution in [2.24, 2.45) is 0 Å². The molecule has 1 aliphatic heterocycles. The van der Waals surface area contributed by atoms with Crippen LogP contribution in [0.5, 0.6) is 0 Å². The predicted molar refractivity (Wildman–Crippen MR) is 49.2 cm³/mol. The fourth-order valence-corrected chi connectivity index (χ4v) is 1.06. The lowest BCUT2D eigenvalue weighted by Crippen LogP contribution is -2.30. The lowest BCUT2D eigenvalue weighted by molar-refractivity contribution is 0.237. The molecule has 68 valence electrons. The zero-order valence-electron chi connectivity index (χ0n) is 7.86. The number of hydrogen-bond acceptors (Lipinski definition) is 3. The van der Waals surface area contributed by atoms with E-state index in [1.54, 1.807) is 6.20 Å². The average molecular weight is 168 g/mol. The van der Waals surface area contributed by atoms with Gasteiger partial charge in [-0.1, -0.05) is 6.92 Å². The zero-order valence-corrected chi connectivity index (χ0v) is 7.86. The van der Waals surface area contributed by atoms with Crippen molar-refractivity contribution in [3.8, 4) is 0 Å². The SMILES string of the molecule is CC/C(O)=C/N1C=CN(C)C1C. The first-order chi connectivity index (χ1) is 5.65. The van der Waals surface area contributed by atoms with Crippen LogP contribution in [-0.4, -0.2) is 28.1 Å². The Kier molecular flexibility index (Phi) is 2.63. The van der Waals surface area contributed by atoms with Crippen LogP contribution in [0.15, 0.2) is 24.4 Å². The second-order valence-corrected chi connectivity index (χ2v) is 3.02. The third-order valence-corrected chi connectivity index (χ3v) is 2.16. The summed E-state index contributed by atoms with van der Waals surface area (Å²) < 4.78 is 0. The Morgan fingerprint density at radius 3 is 2.67 bits per heavy atom. The highest BCUT2D eigenvalue weighted by molar-refractivity contribution is 5.02.